The molecule has 0 radical (unpaired) electrons. The van der Waals surface area contributed by atoms with E-state index in [4.69, 9.17) is 5.26 Å². The number of carbonyl (C=O) groups excluding carboxylic acids is 2. The summed E-state index contributed by atoms with van der Waals surface area (Å²) in [7, 11) is 0. The van der Waals surface area contributed by atoms with Crippen LogP contribution in [0, 0.1) is 16.7 Å². The van der Waals surface area contributed by atoms with E-state index >= 15 is 0 Å². The number of carbonyl (C=O) groups is 2. The molecule has 5 heteroatoms. The molecule has 1 aliphatic rings. The Kier molecular flexibility index (Phi) is 6.35. The van der Waals surface area contributed by atoms with Crippen LogP contribution in [-0.2, 0) is 9.59 Å². The molecule has 2 amide bonds. The van der Waals surface area contributed by atoms with Gasteiger partial charge in [-0.25, -0.2) is 0 Å². The van der Waals surface area contributed by atoms with Crippen molar-refractivity contribution in [1.29, 1.82) is 5.26 Å². The molecule has 0 aromatic heterocycles. The van der Waals surface area contributed by atoms with Gasteiger partial charge in [0.2, 0.25) is 11.8 Å². The first kappa shape index (κ1) is 18.7. The highest BCUT2D eigenvalue weighted by atomic mass is 16.2. The molecular formula is C20H25N3O2. The number of nitriles is 1. The van der Waals surface area contributed by atoms with E-state index in [-0.39, 0.29) is 11.8 Å². The molecule has 0 spiro atoms. The average Bonchev–Trinajstić information content (AvgIpc) is 2.63. The number of allylic oxidation sites excluding steroid dienone is 1. The second-order valence-corrected chi connectivity index (χ2v) is 6.88. The Morgan fingerprint density at radius 3 is 2.48 bits per heavy atom. The minimum atomic E-state index is -1.17. The van der Waals surface area contributed by atoms with E-state index < -0.39 is 5.41 Å². The largest absolute Gasteiger partial charge is 0.355 e. The first-order chi connectivity index (χ1) is 11.9. The highest BCUT2D eigenvalue weighted by Gasteiger charge is 2.35. The standard InChI is InChI=1S/C20H25N3O2/c1-20(2,18(24)22-13-12-15-6-4-3-5-7-15)19(25)23-17-10-8-16(14-21)9-11-17/h6,8-11H,3-5,7,12-13H2,1-2H3,(H,22,24)(H,23,25). The molecule has 1 aromatic rings. The molecule has 0 atom stereocenters. The van der Waals surface area contributed by atoms with Gasteiger partial charge in [-0.2, -0.15) is 5.26 Å². The molecule has 0 saturated heterocycles. The summed E-state index contributed by atoms with van der Waals surface area (Å²) in [6.07, 6.45) is 7.81. The Morgan fingerprint density at radius 1 is 1.16 bits per heavy atom. The third-order valence-electron chi connectivity index (χ3n) is 4.52. The zero-order chi connectivity index (χ0) is 18.3. The van der Waals surface area contributed by atoms with Gasteiger partial charge in [-0.05, 0) is 70.2 Å². The molecule has 1 aliphatic carbocycles. The minimum Gasteiger partial charge on any atom is -0.355 e. The molecule has 0 saturated carbocycles. The van der Waals surface area contributed by atoms with Gasteiger partial charge in [-0.1, -0.05) is 11.6 Å². The Labute approximate surface area is 149 Å². The maximum atomic E-state index is 12.4. The fraction of sp³-hybridized carbons (Fsp3) is 0.450. The summed E-state index contributed by atoms with van der Waals surface area (Å²) in [5.74, 6) is -0.651. The van der Waals surface area contributed by atoms with E-state index in [0.29, 0.717) is 17.8 Å². The SMILES string of the molecule is CC(C)(C(=O)NCCC1=CCCCC1)C(=O)Nc1ccc(C#N)cc1. The maximum Gasteiger partial charge on any atom is 0.239 e. The zero-order valence-corrected chi connectivity index (χ0v) is 14.9. The number of rotatable bonds is 6. The number of amides is 2. The van der Waals surface area contributed by atoms with Crippen molar-refractivity contribution < 1.29 is 9.59 Å². The van der Waals surface area contributed by atoms with E-state index in [1.807, 2.05) is 6.07 Å². The van der Waals surface area contributed by atoms with Crippen LogP contribution in [0.15, 0.2) is 35.9 Å². The summed E-state index contributed by atoms with van der Waals surface area (Å²) in [6.45, 7) is 3.78. The van der Waals surface area contributed by atoms with E-state index in [1.165, 1.54) is 18.4 Å². The second-order valence-electron chi connectivity index (χ2n) is 6.88. The molecule has 0 aliphatic heterocycles. The third-order valence-corrected chi connectivity index (χ3v) is 4.52. The van der Waals surface area contributed by atoms with Crippen LogP contribution in [0.25, 0.3) is 0 Å². The molecule has 1 aromatic carbocycles. The third kappa shape index (κ3) is 5.18. The van der Waals surface area contributed by atoms with Gasteiger partial charge in [0, 0.05) is 12.2 Å². The summed E-state index contributed by atoms with van der Waals surface area (Å²) >= 11 is 0. The molecule has 0 heterocycles. The zero-order valence-electron chi connectivity index (χ0n) is 14.9. The van der Waals surface area contributed by atoms with Crippen molar-refractivity contribution in [3.05, 3.63) is 41.5 Å². The molecular weight excluding hydrogens is 314 g/mol. The summed E-state index contributed by atoms with van der Waals surface area (Å²) in [6, 6.07) is 8.58. The highest BCUT2D eigenvalue weighted by Crippen LogP contribution is 2.21. The van der Waals surface area contributed by atoms with Crippen LogP contribution in [0.3, 0.4) is 0 Å². The van der Waals surface area contributed by atoms with Gasteiger partial charge in [0.25, 0.3) is 0 Å². The van der Waals surface area contributed by atoms with Crippen molar-refractivity contribution in [1.82, 2.24) is 5.32 Å². The van der Waals surface area contributed by atoms with Crippen LogP contribution in [0.1, 0.15) is 51.5 Å². The van der Waals surface area contributed by atoms with Crippen LogP contribution in [0.5, 0.6) is 0 Å². The van der Waals surface area contributed by atoms with Crippen molar-refractivity contribution in [3.8, 4) is 6.07 Å². The predicted octanol–water partition coefficient (Wildman–Crippen LogP) is 3.53. The summed E-state index contributed by atoms with van der Waals surface area (Å²) in [5, 5.41) is 14.4. The second kappa shape index (κ2) is 8.48. The van der Waals surface area contributed by atoms with E-state index in [9.17, 15) is 9.59 Å². The van der Waals surface area contributed by atoms with Gasteiger partial charge in [0.1, 0.15) is 5.41 Å². The number of hydrogen-bond acceptors (Lipinski definition) is 3. The molecule has 0 fully saturated rings. The maximum absolute atomic E-state index is 12.4. The number of hydrogen-bond donors (Lipinski definition) is 2. The van der Waals surface area contributed by atoms with Crippen LogP contribution in [0.2, 0.25) is 0 Å². The first-order valence-corrected chi connectivity index (χ1v) is 8.71. The normalized spacial score (nSPS) is 14.2. The number of nitrogens with one attached hydrogen (secondary N) is 2. The number of benzene rings is 1. The fourth-order valence-corrected chi connectivity index (χ4v) is 2.71. The number of nitrogens with zero attached hydrogens (tertiary/aromatic N) is 1. The molecule has 2 N–H and O–H groups in total. The van der Waals surface area contributed by atoms with Gasteiger partial charge in [-0.15, -0.1) is 0 Å². The molecule has 0 bridgehead atoms. The van der Waals surface area contributed by atoms with Crippen molar-refractivity contribution in [2.75, 3.05) is 11.9 Å². The van der Waals surface area contributed by atoms with E-state index in [2.05, 4.69) is 16.7 Å². The molecule has 132 valence electrons. The van der Waals surface area contributed by atoms with Gasteiger partial charge < -0.3 is 10.6 Å². The first-order valence-electron chi connectivity index (χ1n) is 8.71. The lowest BCUT2D eigenvalue weighted by Gasteiger charge is -2.23. The highest BCUT2D eigenvalue weighted by molar-refractivity contribution is 6.09. The Balaban J connectivity index is 1.86. The summed E-state index contributed by atoms with van der Waals surface area (Å²) in [5.41, 5.74) is 1.31. The quantitative estimate of drug-likeness (QED) is 0.614. The predicted molar refractivity (Wildman–Crippen MR) is 97.7 cm³/mol. The lowest BCUT2D eigenvalue weighted by Crippen LogP contribution is -2.45. The topological polar surface area (TPSA) is 82.0 Å². The Hall–Kier alpha value is -2.61. The van der Waals surface area contributed by atoms with E-state index in [0.717, 1.165) is 19.3 Å². The molecule has 0 unspecified atom stereocenters. The summed E-state index contributed by atoms with van der Waals surface area (Å²) in [4.78, 5) is 24.9. The van der Waals surface area contributed by atoms with Crippen LogP contribution in [0.4, 0.5) is 5.69 Å². The van der Waals surface area contributed by atoms with Crippen LogP contribution >= 0.6 is 0 Å². The molecule has 25 heavy (non-hydrogen) atoms. The van der Waals surface area contributed by atoms with Crippen LogP contribution < -0.4 is 10.6 Å². The van der Waals surface area contributed by atoms with Crippen molar-refractivity contribution in [3.63, 3.8) is 0 Å². The molecule has 2 rings (SSSR count). The van der Waals surface area contributed by atoms with Crippen molar-refractivity contribution in [2.45, 2.75) is 46.0 Å². The lowest BCUT2D eigenvalue weighted by molar-refractivity contribution is -0.138. The van der Waals surface area contributed by atoms with Gasteiger partial charge in [0.15, 0.2) is 0 Å². The van der Waals surface area contributed by atoms with Gasteiger partial charge in [0.05, 0.1) is 11.6 Å². The monoisotopic (exact) mass is 339 g/mol. The van der Waals surface area contributed by atoms with Gasteiger partial charge in [-0.3, -0.25) is 9.59 Å². The smallest absolute Gasteiger partial charge is 0.239 e. The van der Waals surface area contributed by atoms with Gasteiger partial charge >= 0.3 is 0 Å². The lowest BCUT2D eigenvalue weighted by atomic mass is 9.90. The van der Waals surface area contributed by atoms with E-state index in [1.54, 1.807) is 38.1 Å². The summed E-state index contributed by atoms with van der Waals surface area (Å²) < 4.78 is 0. The minimum absolute atomic E-state index is 0.282. The molecule has 5 nitrogen and oxygen atoms in total. The van der Waals surface area contributed by atoms with Crippen molar-refractivity contribution in [2.24, 2.45) is 5.41 Å². The number of anilines is 1. The Bertz CT molecular complexity index is 697. The van der Waals surface area contributed by atoms with Crippen LogP contribution in [-0.4, -0.2) is 18.4 Å². The fourth-order valence-electron chi connectivity index (χ4n) is 2.71. The Morgan fingerprint density at radius 2 is 1.88 bits per heavy atom. The van der Waals surface area contributed by atoms with Crippen molar-refractivity contribution >= 4 is 17.5 Å². The average molecular weight is 339 g/mol.